The van der Waals surface area contributed by atoms with Crippen LogP contribution >= 0.6 is 0 Å². The molecule has 0 radical (unpaired) electrons. The number of hydrogen-bond donors (Lipinski definition) is 0. The molecule has 0 aliphatic rings. The zero-order chi connectivity index (χ0) is 7.11. The monoisotopic (exact) mass is 218 g/mol. The van der Waals surface area contributed by atoms with Crippen molar-refractivity contribution < 1.29 is 21.1 Å². The van der Waals surface area contributed by atoms with Crippen molar-refractivity contribution >= 4 is 0 Å². The molecule has 0 heterocycles. The van der Waals surface area contributed by atoms with Crippen LogP contribution in [-0.2, 0) is 21.1 Å². The average molecular weight is 216 g/mol. The molecule has 0 spiro atoms. The maximum atomic E-state index is 3.72. The topological polar surface area (TPSA) is 0 Å². The van der Waals surface area contributed by atoms with Crippen molar-refractivity contribution in [3.8, 4) is 0 Å². The largest absolute Gasteiger partial charge is 2.00 e. The predicted molar refractivity (Wildman–Crippen MR) is 41.9 cm³/mol. The quantitative estimate of drug-likeness (QED) is 0.462. The molecule has 0 saturated heterocycles. The van der Waals surface area contributed by atoms with Gasteiger partial charge in [0.1, 0.15) is 0 Å². The van der Waals surface area contributed by atoms with Crippen LogP contribution in [0.5, 0.6) is 0 Å². The molecule has 0 amide bonds. The minimum atomic E-state index is 0. The Kier molecular flexibility index (Phi) is 10.9. The van der Waals surface area contributed by atoms with E-state index < -0.39 is 0 Å². The van der Waals surface area contributed by atoms with Crippen LogP contribution in [0.25, 0.3) is 0 Å². The van der Waals surface area contributed by atoms with Crippen molar-refractivity contribution in [1.29, 1.82) is 0 Å². The number of benzene rings is 1. The zero-order valence-electron chi connectivity index (χ0n) is 6.21. The maximum absolute atomic E-state index is 3.72. The summed E-state index contributed by atoms with van der Waals surface area (Å²) in [5.74, 6) is 0. The van der Waals surface area contributed by atoms with Crippen LogP contribution in [0, 0.1) is 13.8 Å². The van der Waals surface area contributed by atoms with Gasteiger partial charge in [0.05, 0.1) is 0 Å². The van der Waals surface area contributed by atoms with Gasteiger partial charge in [-0.3, -0.25) is 0 Å². The Morgan fingerprint density at radius 3 is 1.60 bits per heavy atom. The van der Waals surface area contributed by atoms with Crippen molar-refractivity contribution in [3.05, 3.63) is 49.7 Å². The minimum Gasteiger partial charge on any atom is -0.346 e. The Bertz CT molecular complexity index is 135. The van der Waals surface area contributed by atoms with Gasteiger partial charge >= 0.3 is 21.1 Å². The third-order valence-electron chi connectivity index (χ3n) is 0.843. The SMILES string of the molecule is [CH2-]C.[CH2-]c1ccccc1.[Mo+2]. The molecule has 0 nitrogen and oxygen atoms in total. The van der Waals surface area contributed by atoms with Crippen molar-refractivity contribution in [2.45, 2.75) is 6.92 Å². The molecule has 10 heavy (non-hydrogen) atoms. The van der Waals surface area contributed by atoms with Crippen LogP contribution in [0.4, 0.5) is 0 Å². The van der Waals surface area contributed by atoms with Gasteiger partial charge in [-0.15, -0.1) is 12.1 Å². The Hall–Kier alpha value is -0.222. The summed E-state index contributed by atoms with van der Waals surface area (Å²) in [6.07, 6.45) is 0. The van der Waals surface area contributed by atoms with E-state index in [-0.39, 0.29) is 21.1 Å². The Morgan fingerprint density at radius 1 is 1.00 bits per heavy atom. The summed E-state index contributed by atoms with van der Waals surface area (Å²) < 4.78 is 0. The third kappa shape index (κ3) is 5.91. The fourth-order valence-electron chi connectivity index (χ4n) is 0.478. The van der Waals surface area contributed by atoms with E-state index >= 15 is 0 Å². The van der Waals surface area contributed by atoms with Crippen LogP contribution < -0.4 is 0 Å². The summed E-state index contributed by atoms with van der Waals surface area (Å²) in [5, 5.41) is 0. The molecule has 0 atom stereocenters. The van der Waals surface area contributed by atoms with Gasteiger partial charge in [0.25, 0.3) is 0 Å². The van der Waals surface area contributed by atoms with Gasteiger partial charge in [-0.1, -0.05) is 6.07 Å². The second-order valence-electron chi connectivity index (χ2n) is 1.49. The molecular weight excluding hydrogens is 204 g/mol. The maximum Gasteiger partial charge on any atom is 2.00 e. The Labute approximate surface area is 77.9 Å². The van der Waals surface area contributed by atoms with E-state index in [0.29, 0.717) is 0 Å². The molecule has 1 aromatic carbocycles. The Balaban J connectivity index is 0. The molecule has 1 heteroatoms. The second-order valence-corrected chi connectivity index (χ2v) is 1.49. The predicted octanol–water partition coefficient (Wildman–Crippen LogP) is 2.71. The van der Waals surface area contributed by atoms with E-state index in [2.05, 4.69) is 13.8 Å². The molecule has 0 unspecified atom stereocenters. The molecule has 0 N–H and O–H groups in total. The first kappa shape index (κ1) is 12.5. The standard InChI is InChI=1S/C7H7.C2H5.Mo/c1-7-5-3-2-4-6-7;1-2;/h2-6H,1H2;1H2,2H3;/q2*-1;+2. The van der Waals surface area contributed by atoms with Gasteiger partial charge in [0.2, 0.25) is 0 Å². The summed E-state index contributed by atoms with van der Waals surface area (Å²) in [4.78, 5) is 0. The van der Waals surface area contributed by atoms with Crippen LogP contribution in [-0.4, -0.2) is 0 Å². The fourth-order valence-corrected chi connectivity index (χ4v) is 0.478. The van der Waals surface area contributed by atoms with Crippen LogP contribution in [0.2, 0.25) is 0 Å². The minimum absolute atomic E-state index is 0. The van der Waals surface area contributed by atoms with Crippen molar-refractivity contribution in [3.63, 3.8) is 0 Å². The van der Waals surface area contributed by atoms with Crippen LogP contribution in [0.3, 0.4) is 0 Å². The van der Waals surface area contributed by atoms with Crippen molar-refractivity contribution in [2.24, 2.45) is 0 Å². The smallest absolute Gasteiger partial charge is 0.346 e. The van der Waals surface area contributed by atoms with E-state index in [1.165, 1.54) is 0 Å². The fraction of sp³-hybridized carbons (Fsp3) is 0.111. The van der Waals surface area contributed by atoms with Crippen molar-refractivity contribution in [1.82, 2.24) is 0 Å². The summed E-state index contributed by atoms with van der Waals surface area (Å²) in [7, 11) is 0. The third-order valence-corrected chi connectivity index (χ3v) is 0.843. The number of rotatable bonds is 0. The van der Waals surface area contributed by atoms with E-state index in [1.807, 2.05) is 30.3 Å². The summed E-state index contributed by atoms with van der Waals surface area (Å²) in [5.41, 5.74) is 1.07. The first-order valence-corrected chi connectivity index (χ1v) is 2.97. The Morgan fingerprint density at radius 2 is 1.40 bits per heavy atom. The summed E-state index contributed by atoms with van der Waals surface area (Å²) >= 11 is 0. The van der Waals surface area contributed by atoms with Gasteiger partial charge in [0, 0.05) is 0 Å². The van der Waals surface area contributed by atoms with E-state index in [4.69, 9.17) is 0 Å². The van der Waals surface area contributed by atoms with Crippen LogP contribution in [0.15, 0.2) is 30.3 Å². The van der Waals surface area contributed by atoms with Crippen LogP contribution in [0.1, 0.15) is 12.5 Å². The number of hydrogen-bond acceptors (Lipinski definition) is 0. The molecule has 0 saturated carbocycles. The van der Waals surface area contributed by atoms with E-state index in [1.54, 1.807) is 6.92 Å². The van der Waals surface area contributed by atoms with Gasteiger partial charge in [-0.2, -0.15) is 31.5 Å². The zero-order valence-corrected chi connectivity index (χ0v) is 8.22. The molecule has 54 valence electrons. The summed E-state index contributed by atoms with van der Waals surface area (Å²) in [6.45, 7) is 8.72. The second kappa shape index (κ2) is 8.78. The van der Waals surface area contributed by atoms with Gasteiger partial charge in [-0.25, -0.2) is 0 Å². The molecule has 0 aliphatic heterocycles. The molecular formula is C9H12Mo. The van der Waals surface area contributed by atoms with Gasteiger partial charge in [-0.05, 0) is 0 Å². The molecule has 1 aromatic rings. The van der Waals surface area contributed by atoms with Gasteiger partial charge < -0.3 is 6.92 Å². The molecule has 0 bridgehead atoms. The van der Waals surface area contributed by atoms with E-state index in [0.717, 1.165) is 5.56 Å². The first-order chi connectivity index (χ1) is 4.39. The molecule has 0 fully saturated rings. The first-order valence-electron chi connectivity index (χ1n) is 2.97. The van der Waals surface area contributed by atoms with Crippen molar-refractivity contribution in [2.75, 3.05) is 0 Å². The molecule has 1 rings (SSSR count). The average Bonchev–Trinajstić information content (AvgIpc) is 1.94. The summed E-state index contributed by atoms with van der Waals surface area (Å²) in [6, 6.07) is 9.87. The van der Waals surface area contributed by atoms with E-state index in [9.17, 15) is 0 Å². The normalized spacial score (nSPS) is 6.60. The van der Waals surface area contributed by atoms with Gasteiger partial charge in [0.15, 0.2) is 0 Å². The molecule has 0 aliphatic carbocycles. The molecule has 0 aromatic heterocycles.